The van der Waals surface area contributed by atoms with E-state index in [1.165, 1.54) is 22.0 Å². The number of amides is 1. The highest BCUT2D eigenvalue weighted by molar-refractivity contribution is 8.26. The molecule has 1 aliphatic heterocycles. The number of rotatable bonds is 2. The minimum absolute atomic E-state index is 0.0897. The van der Waals surface area contributed by atoms with Crippen LogP contribution in [0.25, 0.3) is 28.2 Å². The number of carbonyl (C=O) groups excluding carboxylic acids is 1. The Balaban J connectivity index is 1.73. The summed E-state index contributed by atoms with van der Waals surface area (Å²) in [6, 6.07) is 18.1. The van der Waals surface area contributed by atoms with Gasteiger partial charge in [0.05, 0.1) is 4.91 Å². The highest BCUT2D eigenvalue weighted by atomic mass is 32.2. The van der Waals surface area contributed by atoms with Gasteiger partial charge >= 0.3 is 0 Å². The summed E-state index contributed by atoms with van der Waals surface area (Å²) < 4.78 is 6.52. The second kappa shape index (κ2) is 5.92. The molecule has 2 aromatic carbocycles. The van der Waals surface area contributed by atoms with Crippen LogP contribution in [0.3, 0.4) is 0 Å². The van der Waals surface area contributed by atoms with Crippen LogP contribution >= 0.6 is 24.0 Å². The van der Waals surface area contributed by atoms with Crippen LogP contribution in [0.4, 0.5) is 0 Å². The Morgan fingerprint density at radius 2 is 1.88 bits per heavy atom. The highest BCUT2D eigenvalue weighted by Gasteiger charge is 2.29. The zero-order chi connectivity index (χ0) is 16.7. The number of carbonyl (C=O) groups is 1. The van der Waals surface area contributed by atoms with Crippen molar-refractivity contribution in [3.05, 3.63) is 65.3 Å². The molecule has 1 aromatic heterocycles. The molecule has 0 atom stereocenters. The maximum atomic E-state index is 12.1. The van der Waals surface area contributed by atoms with Gasteiger partial charge in [-0.05, 0) is 22.9 Å². The van der Waals surface area contributed by atoms with Gasteiger partial charge in [-0.3, -0.25) is 9.69 Å². The Morgan fingerprint density at radius 3 is 2.67 bits per heavy atom. The Kier molecular flexibility index (Phi) is 3.75. The topological polar surface area (TPSA) is 33.5 Å². The largest absolute Gasteiger partial charge is 0.457 e. The SMILES string of the molecule is CN1C(=O)C(=Cc2ccc(-c3cccc4ccccc34)o2)SC1=S. The number of hydrogen-bond acceptors (Lipinski definition) is 4. The van der Waals surface area contributed by atoms with E-state index in [0.717, 1.165) is 16.7 Å². The summed E-state index contributed by atoms with van der Waals surface area (Å²) in [6.07, 6.45) is 1.75. The first kappa shape index (κ1) is 15.2. The lowest BCUT2D eigenvalue weighted by atomic mass is 10.0. The molecule has 4 rings (SSSR count). The average Bonchev–Trinajstić information content (AvgIpc) is 3.16. The summed E-state index contributed by atoms with van der Waals surface area (Å²) in [5.41, 5.74) is 1.04. The third-order valence-electron chi connectivity index (χ3n) is 3.94. The molecule has 3 nitrogen and oxygen atoms in total. The molecular formula is C19H13NO2S2. The van der Waals surface area contributed by atoms with Crippen LogP contribution in [-0.2, 0) is 4.79 Å². The fraction of sp³-hybridized carbons (Fsp3) is 0.0526. The van der Waals surface area contributed by atoms with Crippen molar-refractivity contribution in [1.82, 2.24) is 4.90 Å². The van der Waals surface area contributed by atoms with Crippen LogP contribution in [0.2, 0.25) is 0 Å². The van der Waals surface area contributed by atoms with Crippen LogP contribution in [-0.4, -0.2) is 22.2 Å². The third kappa shape index (κ3) is 2.56. The van der Waals surface area contributed by atoms with Crippen molar-refractivity contribution < 1.29 is 9.21 Å². The molecule has 1 amide bonds. The molecular weight excluding hydrogens is 338 g/mol. The molecule has 0 bridgehead atoms. The molecule has 2 heterocycles. The van der Waals surface area contributed by atoms with Gasteiger partial charge < -0.3 is 4.42 Å². The summed E-state index contributed by atoms with van der Waals surface area (Å²) in [6.45, 7) is 0. The fourth-order valence-electron chi connectivity index (χ4n) is 2.69. The van der Waals surface area contributed by atoms with Crippen LogP contribution in [0.5, 0.6) is 0 Å². The van der Waals surface area contributed by atoms with E-state index in [9.17, 15) is 4.79 Å². The normalized spacial score (nSPS) is 16.5. The monoisotopic (exact) mass is 351 g/mol. The van der Waals surface area contributed by atoms with Gasteiger partial charge in [0, 0.05) is 18.7 Å². The van der Waals surface area contributed by atoms with Gasteiger partial charge in [-0.25, -0.2) is 0 Å². The number of furan rings is 1. The zero-order valence-corrected chi connectivity index (χ0v) is 14.5. The molecule has 0 aliphatic carbocycles. The predicted molar refractivity (Wildman–Crippen MR) is 103 cm³/mol. The van der Waals surface area contributed by atoms with Gasteiger partial charge in [0.1, 0.15) is 15.8 Å². The van der Waals surface area contributed by atoms with Crippen molar-refractivity contribution in [3.8, 4) is 11.3 Å². The molecule has 1 saturated heterocycles. The van der Waals surface area contributed by atoms with Crippen molar-refractivity contribution in [1.29, 1.82) is 0 Å². The molecule has 5 heteroatoms. The Hall–Kier alpha value is -2.37. The van der Waals surface area contributed by atoms with Crippen molar-refractivity contribution in [2.75, 3.05) is 7.05 Å². The summed E-state index contributed by atoms with van der Waals surface area (Å²) >= 11 is 6.44. The third-order valence-corrected chi connectivity index (χ3v) is 5.43. The van der Waals surface area contributed by atoms with Gasteiger partial charge in [0.25, 0.3) is 5.91 Å². The average molecular weight is 351 g/mol. The molecule has 118 valence electrons. The first-order valence-electron chi connectivity index (χ1n) is 7.43. The van der Waals surface area contributed by atoms with Crippen molar-refractivity contribution >= 4 is 51.1 Å². The van der Waals surface area contributed by atoms with Gasteiger partial charge in [-0.2, -0.15) is 0 Å². The van der Waals surface area contributed by atoms with Gasteiger partial charge in [0.2, 0.25) is 0 Å². The smallest absolute Gasteiger partial charge is 0.266 e. The number of thioether (sulfide) groups is 1. The zero-order valence-electron chi connectivity index (χ0n) is 12.9. The maximum Gasteiger partial charge on any atom is 0.266 e. The standard InChI is InChI=1S/C19H13NO2S2/c1-20-18(21)17(24-19(20)23)11-13-9-10-16(22-13)15-8-4-6-12-5-2-3-7-14(12)15/h2-11H,1H3. The Bertz CT molecular complexity index is 998. The van der Waals surface area contributed by atoms with E-state index in [1.807, 2.05) is 36.4 Å². The van der Waals surface area contributed by atoms with Gasteiger partial charge in [-0.1, -0.05) is 66.4 Å². The molecule has 0 unspecified atom stereocenters. The quantitative estimate of drug-likeness (QED) is 0.484. The van der Waals surface area contributed by atoms with E-state index in [0.29, 0.717) is 15.0 Å². The Labute approximate surface area is 148 Å². The lowest BCUT2D eigenvalue weighted by Gasteiger charge is -2.03. The number of nitrogens with zero attached hydrogens (tertiary/aromatic N) is 1. The number of likely N-dealkylation sites (N-methyl/N-ethyl adjacent to an activating group) is 1. The summed E-state index contributed by atoms with van der Waals surface area (Å²) in [5.74, 6) is 1.34. The number of hydrogen-bond donors (Lipinski definition) is 0. The van der Waals surface area contributed by atoms with E-state index in [2.05, 4.69) is 18.2 Å². The van der Waals surface area contributed by atoms with Crippen molar-refractivity contribution in [2.45, 2.75) is 0 Å². The van der Waals surface area contributed by atoms with E-state index in [-0.39, 0.29) is 5.91 Å². The number of benzene rings is 2. The lowest BCUT2D eigenvalue weighted by Crippen LogP contribution is -2.22. The van der Waals surface area contributed by atoms with E-state index in [4.69, 9.17) is 16.6 Å². The second-order valence-electron chi connectivity index (χ2n) is 5.47. The first-order chi connectivity index (χ1) is 11.6. The Morgan fingerprint density at radius 1 is 1.08 bits per heavy atom. The summed E-state index contributed by atoms with van der Waals surface area (Å²) in [4.78, 5) is 14.1. The van der Waals surface area contributed by atoms with Crippen LogP contribution in [0, 0.1) is 0 Å². The van der Waals surface area contributed by atoms with Gasteiger partial charge in [-0.15, -0.1) is 0 Å². The van der Waals surface area contributed by atoms with E-state index >= 15 is 0 Å². The number of fused-ring (bicyclic) bond motifs is 1. The molecule has 0 saturated carbocycles. The second-order valence-corrected chi connectivity index (χ2v) is 7.15. The van der Waals surface area contributed by atoms with Crippen LogP contribution in [0.15, 0.2) is 63.9 Å². The minimum Gasteiger partial charge on any atom is -0.457 e. The van der Waals surface area contributed by atoms with E-state index in [1.54, 1.807) is 13.1 Å². The summed E-state index contributed by atoms with van der Waals surface area (Å²) in [7, 11) is 1.68. The molecule has 1 fully saturated rings. The van der Waals surface area contributed by atoms with Crippen molar-refractivity contribution in [2.24, 2.45) is 0 Å². The van der Waals surface area contributed by atoms with Crippen LogP contribution < -0.4 is 0 Å². The fourth-order valence-corrected chi connectivity index (χ4v) is 3.85. The minimum atomic E-state index is -0.0897. The molecule has 0 spiro atoms. The maximum absolute atomic E-state index is 12.1. The lowest BCUT2D eigenvalue weighted by molar-refractivity contribution is -0.121. The molecule has 24 heavy (non-hydrogen) atoms. The van der Waals surface area contributed by atoms with Gasteiger partial charge in [0.15, 0.2) is 0 Å². The summed E-state index contributed by atoms with van der Waals surface area (Å²) in [5, 5.41) is 2.31. The molecule has 1 aliphatic rings. The van der Waals surface area contributed by atoms with Crippen LogP contribution in [0.1, 0.15) is 5.76 Å². The first-order valence-corrected chi connectivity index (χ1v) is 8.65. The highest BCUT2D eigenvalue weighted by Crippen LogP contribution is 2.34. The van der Waals surface area contributed by atoms with Crippen molar-refractivity contribution in [3.63, 3.8) is 0 Å². The molecule has 0 N–H and O–H groups in total. The number of thiocarbonyl (C=S) groups is 1. The van der Waals surface area contributed by atoms with E-state index < -0.39 is 0 Å². The molecule has 3 aromatic rings. The molecule has 0 radical (unpaired) electrons. The predicted octanol–water partition coefficient (Wildman–Crippen LogP) is 4.93.